The van der Waals surface area contributed by atoms with Crippen LogP contribution in [0.25, 0.3) is 22.4 Å². The van der Waals surface area contributed by atoms with Gasteiger partial charge in [0, 0.05) is 30.0 Å². The summed E-state index contributed by atoms with van der Waals surface area (Å²) in [6.45, 7) is 4.26. The lowest BCUT2D eigenvalue weighted by Gasteiger charge is -2.17. The van der Waals surface area contributed by atoms with Gasteiger partial charge in [-0.3, -0.25) is 9.78 Å². The van der Waals surface area contributed by atoms with Crippen molar-refractivity contribution in [2.75, 3.05) is 13.7 Å². The van der Waals surface area contributed by atoms with Gasteiger partial charge >= 0.3 is 0 Å². The van der Waals surface area contributed by atoms with E-state index in [-0.39, 0.29) is 17.5 Å². The second-order valence-corrected chi connectivity index (χ2v) is 7.16. The second-order valence-electron chi connectivity index (χ2n) is 7.16. The first kappa shape index (κ1) is 21.6. The van der Waals surface area contributed by atoms with Crippen molar-refractivity contribution in [3.05, 3.63) is 77.5 Å². The number of hydrogen-bond acceptors (Lipinski definition) is 3. The van der Waals surface area contributed by atoms with Gasteiger partial charge < -0.3 is 10.1 Å². The zero-order chi connectivity index (χ0) is 21.7. The molecular weight excluding hydrogens is 386 g/mol. The number of methoxy groups -OCH3 is 1. The molecule has 30 heavy (non-hydrogen) atoms. The number of nitrogens with one attached hydrogen (secondary N) is 1. The molecule has 0 spiro atoms. The predicted octanol–water partition coefficient (Wildman–Crippen LogP) is 5.16. The van der Waals surface area contributed by atoms with Crippen LogP contribution in [0.2, 0.25) is 0 Å². The summed E-state index contributed by atoms with van der Waals surface area (Å²) in [7, 11) is 1.57. The third-order valence-corrected chi connectivity index (χ3v) is 4.86. The highest BCUT2D eigenvalue weighted by atomic mass is 19.2. The van der Waals surface area contributed by atoms with Gasteiger partial charge in [0.1, 0.15) is 0 Å². The van der Waals surface area contributed by atoms with Crippen LogP contribution in [0.15, 0.2) is 54.7 Å². The molecule has 1 aromatic heterocycles. The molecule has 0 aliphatic rings. The molecule has 0 fully saturated rings. The highest BCUT2D eigenvalue weighted by Gasteiger charge is 2.17. The van der Waals surface area contributed by atoms with E-state index in [1.807, 2.05) is 26.0 Å². The maximum absolute atomic E-state index is 14.5. The molecule has 1 N–H and O–H groups in total. The molecule has 3 rings (SSSR count). The minimum absolute atomic E-state index is 0.0851. The Balaban J connectivity index is 2.09. The fourth-order valence-electron chi connectivity index (χ4n) is 3.16. The molecule has 1 heterocycles. The number of rotatable bonds is 7. The van der Waals surface area contributed by atoms with Crippen LogP contribution in [-0.4, -0.2) is 30.6 Å². The second kappa shape index (κ2) is 9.59. The van der Waals surface area contributed by atoms with E-state index >= 15 is 0 Å². The van der Waals surface area contributed by atoms with Crippen LogP contribution in [0.3, 0.4) is 0 Å². The highest BCUT2D eigenvalue weighted by Crippen LogP contribution is 2.30. The Hall–Kier alpha value is -3.12. The smallest absolute Gasteiger partial charge is 0.251 e. The number of halogens is 2. The van der Waals surface area contributed by atoms with E-state index in [0.717, 1.165) is 11.6 Å². The Morgan fingerprint density at radius 1 is 1.13 bits per heavy atom. The Labute approximate surface area is 174 Å². The van der Waals surface area contributed by atoms with Crippen LogP contribution in [0.1, 0.15) is 29.3 Å². The van der Waals surface area contributed by atoms with Crippen molar-refractivity contribution < 1.29 is 18.3 Å². The van der Waals surface area contributed by atoms with Crippen LogP contribution in [-0.2, 0) is 4.74 Å². The van der Waals surface area contributed by atoms with Gasteiger partial charge in [0.2, 0.25) is 0 Å². The van der Waals surface area contributed by atoms with Gasteiger partial charge in [0.25, 0.3) is 5.91 Å². The molecule has 0 aliphatic carbocycles. The molecule has 1 atom stereocenters. The first-order chi connectivity index (χ1) is 14.4. The largest absolute Gasteiger partial charge is 0.383 e. The first-order valence-corrected chi connectivity index (χ1v) is 9.75. The van der Waals surface area contributed by atoms with E-state index < -0.39 is 11.6 Å². The van der Waals surface area contributed by atoms with Crippen molar-refractivity contribution in [1.82, 2.24) is 10.3 Å². The van der Waals surface area contributed by atoms with Gasteiger partial charge in [-0.05, 0) is 54.8 Å². The zero-order valence-corrected chi connectivity index (χ0v) is 17.2. The molecule has 0 aliphatic heterocycles. The lowest BCUT2D eigenvalue weighted by atomic mass is 9.97. The molecule has 0 radical (unpaired) electrons. The number of pyridine rings is 1. The third kappa shape index (κ3) is 4.89. The average molecular weight is 410 g/mol. The number of ether oxygens (including phenoxy) is 1. The highest BCUT2D eigenvalue weighted by molar-refractivity contribution is 5.97. The van der Waals surface area contributed by atoms with Crippen molar-refractivity contribution in [2.45, 2.75) is 26.3 Å². The lowest BCUT2D eigenvalue weighted by Crippen LogP contribution is -2.37. The number of amides is 1. The van der Waals surface area contributed by atoms with Crippen molar-refractivity contribution in [1.29, 1.82) is 0 Å². The van der Waals surface area contributed by atoms with E-state index in [2.05, 4.69) is 10.3 Å². The van der Waals surface area contributed by atoms with Gasteiger partial charge in [0.15, 0.2) is 11.6 Å². The maximum Gasteiger partial charge on any atom is 0.251 e. The number of aryl methyl sites for hydroxylation is 1. The molecule has 0 saturated heterocycles. The molecule has 3 aromatic rings. The Morgan fingerprint density at radius 3 is 2.57 bits per heavy atom. The minimum Gasteiger partial charge on any atom is -0.383 e. The Bertz CT molecular complexity index is 1040. The topological polar surface area (TPSA) is 51.2 Å². The molecule has 2 aromatic carbocycles. The summed E-state index contributed by atoms with van der Waals surface area (Å²) in [5.74, 6) is -2.21. The van der Waals surface area contributed by atoms with E-state index in [9.17, 15) is 13.6 Å². The van der Waals surface area contributed by atoms with Crippen molar-refractivity contribution in [2.24, 2.45) is 0 Å². The molecular formula is C24H24F2N2O2. The van der Waals surface area contributed by atoms with Gasteiger partial charge in [0.05, 0.1) is 18.3 Å². The van der Waals surface area contributed by atoms with Crippen LogP contribution in [0.4, 0.5) is 8.78 Å². The van der Waals surface area contributed by atoms with E-state index in [4.69, 9.17) is 4.74 Å². The zero-order valence-electron chi connectivity index (χ0n) is 17.2. The number of hydrogen-bond donors (Lipinski definition) is 1. The molecule has 156 valence electrons. The molecule has 0 bridgehead atoms. The summed E-state index contributed by atoms with van der Waals surface area (Å²) >= 11 is 0. The number of benzene rings is 2. The summed E-state index contributed by atoms with van der Waals surface area (Å²) < 4.78 is 33.4. The van der Waals surface area contributed by atoms with Crippen molar-refractivity contribution >= 4 is 5.91 Å². The Kier molecular flexibility index (Phi) is 6.90. The van der Waals surface area contributed by atoms with E-state index in [1.54, 1.807) is 31.5 Å². The minimum atomic E-state index is -0.955. The standard InChI is InChI=1S/C24H24F2N2O2/c1-4-19(14-30-3)28-24(29)18-11-16(20-6-5-7-21(25)23(20)26)10-17(12-18)22-9-8-15(2)13-27-22/h5-13,19H,4,14H2,1-3H3,(H,28,29). The van der Waals surface area contributed by atoms with Crippen LogP contribution >= 0.6 is 0 Å². The van der Waals surface area contributed by atoms with E-state index in [1.165, 1.54) is 12.1 Å². The fraction of sp³-hybridized carbons (Fsp3) is 0.250. The summed E-state index contributed by atoms with van der Waals surface area (Å²) in [5, 5.41) is 2.92. The summed E-state index contributed by atoms with van der Waals surface area (Å²) in [6.07, 6.45) is 2.42. The Morgan fingerprint density at radius 2 is 1.90 bits per heavy atom. The average Bonchev–Trinajstić information content (AvgIpc) is 2.75. The lowest BCUT2D eigenvalue weighted by molar-refractivity contribution is 0.0894. The number of carbonyl (C=O) groups excluding carboxylic acids is 1. The van der Waals surface area contributed by atoms with Gasteiger partial charge in [-0.25, -0.2) is 8.78 Å². The quantitative estimate of drug-likeness (QED) is 0.586. The molecule has 1 unspecified atom stereocenters. The van der Waals surface area contributed by atoms with Gasteiger partial charge in [-0.1, -0.05) is 25.1 Å². The number of nitrogens with zero attached hydrogens (tertiary/aromatic N) is 1. The van der Waals surface area contributed by atoms with E-state index in [0.29, 0.717) is 35.4 Å². The van der Waals surface area contributed by atoms with Crippen LogP contribution < -0.4 is 5.32 Å². The number of aromatic nitrogens is 1. The monoisotopic (exact) mass is 410 g/mol. The molecule has 4 nitrogen and oxygen atoms in total. The van der Waals surface area contributed by atoms with Crippen molar-refractivity contribution in [3.8, 4) is 22.4 Å². The third-order valence-electron chi connectivity index (χ3n) is 4.86. The van der Waals surface area contributed by atoms with Gasteiger partial charge in [-0.15, -0.1) is 0 Å². The SMILES string of the molecule is CCC(COC)NC(=O)c1cc(-c2ccc(C)cn2)cc(-c2cccc(F)c2F)c1. The summed E-state index contributed by atoms with van der Waals surface area (Å²) in [6, 6.07) is 12.5. The fourth-order valence-corrected chi connectivity index (χ4v) is 3.16. The van der Waals surface area contributed by atoms with Crippen LogP contribution in [0, 0.1) is 18.6 Å². The molecule has 0 saturated carbocycles. The normalized spacial score (nSPS) is 11.9. The molecule has 1 amide bonds. The maximum atomic E-state index is 14.5. The van der Waals surface area contributed by atoms with Crippen LogP contribution in [0.5, 0.6) is 0 Å². The van der Waals surface area contributed by atoms with Gasteiger partial charge in [-0.2, -0.15) is 0 Å². The molecule has 6 heteroatoms. The predicted molar refractivity (Wildman–Crippen MR) is 113 cm³/mol. The van der Waals surface area contributed by atoms with Crippen molar-refractivity contribution in [3.63, 3.8) is 0 Å². The first-order valence-electron chi connectivity index (χ1n) is 9.75. The summed E-state index contributed by atoms with van der Waals surface area (Å²) in [4.78, 5) is 17.3. The number of carbonyl (C=O) groups is 1. The summed E-state index contributed by atoms with van der Waals surface area (Å²) in [5.41, 5.74) is 3.09.